The van der Waals surface area contributed by atoms with E-state index in [1.807, 2.05) is 50.2 Å². The molecule has 3 amide bonds. The Bertz CT molecular complexity index is 614. The van der Waals surface area contributed by atoms with Crippen LogP contribution < -0.4 is 10.6 Å². The van der Waals surface area contributed by atoms with Crippen LogP contribution in [0, 0.1) is 5.92 Å². The van der Waals surface area contributed by atoms with Crippen molar-refractivity contribution < 1.29 is 9.59 Å². The highest BCUT2D eigenvalue weighted by atomic mass is 16.2. The van der Waals surface area contributed by atoms with Crippen molar-refractivity contribution in [3.63, 3.8) is 0 Å². The van der Waals surface area contributed by atoms with E-state index in [1.165, 1.54) is 0 Å². The Labute approximate surface area is 156 Å². The third kappa shape index (κ3) is 5.73. The first-order chi connectivity index (χ1) is 12.4. The van der Waals surface area contributed by atoms with Gasteiger partial charge in [0, 0.05) is 37.3 Å². The largest absolute Gasteiger partial charge is 0.334 e. The molecule has 144 valence electrons. The minimum atomic E-state index is -0.0641. The number of benzene rings is 1. The standard InChI is InChI=1S/C20H32N4O2/c1-5-24(15(2)14-23(3)4)20(26)21-13-16-8-6-11-18(12-16)22-19(25)17-9-7-10-17/h6,8,11-12,15,17H,5,7,9-10,13-14H2,1-4H3,(H,21,26)(H,22,25). The van der Waals surface area contributed by atoms with Gasteiger partial charge in [0.2, 0.25) is 5.91 Å². The minimum Gasteiger partial charge on any atom is -0.334 e. The average Bonchev–Trinajstić information content (AvgIpc) is 2.51. The molecule has 0 bridgehead atoms. The average molecular weight is 361 g/mol. The Hall–Kier alpha value is -2.08. The van der Waals surface area contributed by atoms with E-state index in [1.54, 1.807) is 0 Å². The molecular formula is C20H32N4O2. The quantitative estimate of drug-likeness (QED) is 0.749. The van der Waals surface area contributed by atoms with E-state index in [4.69, 9.17) is 0 Å². The summed E-state index contributed by atoms with van der Waals surface area (Å²) in [6.45, 7) is 5.97. The lowest BCUT2D eigenvalue weighted by Crippen LogP contribution is -2.48. The lowest BCUT2D eigenvalue weighted by atomic mass is 9.85. The highest BCUT2D eigenvalue weighted by Crippen LogP contribution is 2.27. The van der Waals surface area contributed by atoms with Gasteiger partial charge in [-0.05, 0) is 58.5 Å². The molecule has 0 heterocycles. The van der Waals surface area contributed by atoms with Gasteiger partial charge in [0.15, 0.2) is 0 Å². The number of hydrogen-bond acceptors (Lipinski definition) is 3. The topological polar surface area (TPSA) is 64.7 Å². The Kier molecular flexibility index (Phi) is 7.45. The Morgan fingerprint density at radius 1 is 1.27 bits per heavy atom. The number of hydrogen-bond donors (Lipinski definition) is 2. The molecule has 6 heteroatoms. The van der Waals surface area contributed by atoms with Crippen molar-refractivity contribution in [3.8, 4) is 0 Å². The first-order valence-corrected chi connectivity index (χ1v) is 9.49. The smallest absolute Gasteiger partial charge is 0.317 e. The van der Waals surface area contributed by atoms with E-state index in [9.17, 15) is 9.59 Å². The third-order valence-corrected chi connectivity index (χ3v) is 4.88. The molecule has 1 saturated carbocycles. The SMILES string of the molecule is CCN(C(=O)NCc1cccc(NC(=O)C2CCC2)c1)C(C)CN(C)C. The molecule has 0 spiro atoms. The van der Waals surface area contributed by atoms with Crippen LogP contribution in [0.2, 0.25) is 0 Å². The zero-order chi connectivity index (χ0) is 19.1. The van der Waals surface area contributed by atoms with Gasteiger partial charge < -0.3 is 20.4 Å². The van der Waals surface area contributed by atoms with Gasteiger partial charge in [-0.25, -0.2) is 4.79 Å². The second-order valence-corrected chi connectivity index (χ2v) is 7.37. The van der Waals surface area contributed by atoms with Crippen molar-refractivity contribution >= 4 is 17.6 Å². The number of anilines is 1. The van der Waals surface area contributed by atoms with Crippen molar-refractivity contribution in [2.45, 2.75) is 45.7 Å². The summed E-state index contributed by atoms with van der Waals surface area (Å²) in [7, 11) is 4.01. The van der Waals surface area contributed by atoms with Crippen LogP contribution in [0.4, 0.5) is 10.5 Å². The van der Waals surface area contributed by atoms with Gasteiger partial charge in [0.1, 0.15) is 0 Å². The normalized spacial score (nSPS) is 15.3. The molecule has 6 nitrogen and oxygen atoms in total. The molecule has 1 unspecified atom stereocenters. The molecule has 1 fully saturated rings. The van der Waals surface area contributed by atoms with Crippen molar-refractivity contribution in [2.24, 2.45) is 5.92 Å². The summed E-state index contributed by atoms with van der Waals surface area (Å²) in [5.41, 5.74) is 1.77. The maximum absolute atomic E-state index is 12.5. The van der Waals surface area contributed by atoms with Gasteiger partial charge in [-0.3, -0.25) is 4.79 Å². The Balaban J connectivity index is 1.88. The van der Waals surface area contributed by atoms with Crippen LogP contribution in [0.5, 0.6) is 0 Å². The molecule has 2 N–H and O–H groups in total. The Morgan fingerprint density at radius 2 is 2.00 bits per heavy atom. The van der Waals surface area contributed by atoms with Crippen molar-refractivity contribution in [2.75, 3.05) is 32.5 Å². The number of carbonyl (C=O) groups is 2. The summed E-state index contributed by atoms with van der Waals surface area (Å²) >= 11 is 0. The monoisotopic (exact) mass is 360 g/mol. The lowest BCUT2D eigenvalue weighted by Gasteiger charge is -2.30. The van der Waals surface area contributed by atoms with Crippen LogP contribution in [0.15, 0.2) is 24.3 Å². The predicted molar refractivity (Wildman–Crippen MR) is 105 cm³/mol. The number of nitrogens with zero attached hydrogens (tertiary/aromatic N) is 2. The molecule has 0 aromatic heterocycles. The van der Waals surface area contributed by atoms with Crippen molar-refractivity contribution in [1.29, 1.82) is 0 Å². The molecule has 1 aliphatic carbocycles. The summed E-state index contributed by atoms with van der Waals surface area (Å²) in [6, 6.07) is 7.76. The van der Waals surface area contributed by atoms with E-state index in [0.29, 0.717) is 13.1 Å². The summed E-state index contributed by atoms with van der Waals surface area (Å²) in [5.74, 6) is 0.266. The fourth-order valence-electron chi connectivity index (χ4n) is 3.24. The second kappa shape index (κ2) is 9.57. The molecule has 1 aliphatic rings. The first kappa shape index (κ1) is 20.2. The van der Waals surface area contributed by atoms with E-state index >= 15 is 0 Å². The van der Waals surface area contributed by atoms with Crippen LogP contribution in [-0.2, 0) is 11.3 Å². The zero-order valence-electron chi connectivity index (χ0n) is 16.4. The molecular weight excluding hydrogens is 328 g/mol. The zero-order valence-corrected chi connectivity index (χ0v) is 16.4. The van der Waals surface area contributed by atoms with Crippen LogP contribution >= 0.6 is 0 Å². The summed E-state index contributed by atoms with van der Waals surface area (Å²) in [4.78, 5) is 28.5. The number of urea groups is 1. The maximum atomic E-state index is 12.5. The third-order valence-electron chi connectivity index (χ3n) is 4.88. The number of nitrogens with one attached hydrogen (secondary N) is 2. The first-order valence-electron chi connectivity index (χ1n) is 9.49. The molecule has 0 aliphatic heterocycles. The van der Waals surface area contributed by atoms with Crippen LogP contribution in [0.1, 0.15) is 38.7 Å². The number of carbonyl (C=O) groups excluding carboxylic acids is 2. The number of likely N-dealkylation sites (N-methyl/N-ethyl adjacent to an activating group) is 2. The second-order valence-electron chi connectivity index (χ2n) is 7.37. The van der Waals surface area contributed by atoms with Crippen molar-refractivity contribution in [3.05, 3.63) is 29.8 Å². The van der Waals surface area contributed by atoms with Gasteiger partial charge in [0.25, 0.3) is 0 Å². The molecule has 0 radical (unpaired) electrons. The number of rotatable bonds is 8. The van der Waals surface area contributed by atoms with Gasteiger partial charge in [-0.2, -0.15) is 0 Å². The van der Waals surface area contributed by atoms with E-state index in [2.05, 4.69) is 22.5 Å². The van der Waals surface area contributed by atoms with Crippen LogP contribution in [0.3, 0.4) is 0 Å². The van der Waals surface area contributed by atoms with Gasteiger partial charge in [0.05, 0.1) is 0 Å². The fraction of sp³-hybridized carbons (Fsp3) is 0.600. The minimum absolute atomic E-state index is 0.0641. The highest BCUT2D eigenvalue weighted by molar-refractivity contribution is 5.93. The number of amides is 3. The van der Waals surface area contributed by atoms with E-state index in [0.717, 1.165) is 37.1 Å². The van der Waals surface area contributed by atoms with Crippen molar-refractivity contribution in [1.82, 2.24) is 15.1 Å². The summed E-state index contributed by atoms with van der Waals surface area (Å²) in [6.07, 6.45) is 3.11. The Morgan fingerprint density at radius 3 is 2.58 bits per heavy atom. The van der Waals surface area contributed by atoms with Crippen LogP contribution in [0.25, 0.3) is 0 Å². The summed E-state index contributed by atoms with van der Waals surface area (Å²) in [5, 5.41) is 5.96. The fourth-order valence-corrected chi connectivity index (χ4v) is 3.24. The maximum Gasteiger partial charge on any atom is 0.317 e. The van der Waals surface area contributed by atoms with Gasteiger partial charge in [-0.1, -0.05) is 18.6 Å². The molecule has 26 heavy (non-hydrogen) atoms. The predicted octanol–water partition coefficient (Wildman–Crippen LogP) is 2.91. The van der Waals surface area contributed by atoms with E-state index < -0.39 is 0 Å². The summed E-state index contributed by atoms with van der Waals surface area (Å²) < 4.78 is 0. The molecule has 1 atom stereocenters. The molecule has 0 saturated heterocycles. The van der Waals surface area contributed by atoms with Crippen LogP contribution in [-0.4, -0.2) is 55.0 Å². The highest BCUT2D eigenvalue weighted by Gasteiger charge is 2.25. The van der Waals surface area contributed by atoms with Gasteiger partial charge >= 0.3 is 6.03 Å². The van der Waals surface area contributed by atoms with E-state index in [-0.39, 0.29) is 23.9 Å². The lowest BCUT2D eigenvalue weighted by molar-refractivity contribution is -0.122. The molecule has 1 aromatic rings. The molecule has 1 aromatic carbocycles. The van der Waals surface area contributed by atoms with Gasteiger partial charge in [-0.15, -0.1) is 0 Å². The molecule has 2 rings (SSSR count).